The van der Waals surface area contributed by atoms with Gasteiger partial charge in [0.25, 0.3) is 0 Å². The van der Waals surface area contributed by atoms with Crippen LogP contribution in [0.15, 0.2) is 35.0 Å². The topological polar surface area (TPSA) is 0 Å². The predicted octanol–water partition coefficient (Wildman–Crippen LogP) is 8.18. The highest BCUT2D eigenvalue weighted by molar-refractivity contribution is 7.08. The van der Waals surface area contributed by atoms with Gasteiger partial charge in [-0.2, -0.15) is 11.3 Å². The molecule has 0 spiro atoms. The standard InChI is InChI=1S/C26H36SSi/c1-2-10-25-24-16-9-15-23(20-17-18-27-19-20)26(24)28(25,21-11-5-3-6-12-21)22-13-7-4-8-14-22/h9,15-19,21-22,25H,2-8,10-14H2,1H3. The summed E-state index contributed by atoms with van der Waals surface area (Å²) in [4.78, 5) is 0. The van der Waals surface area contributed by atoms with E-state index in [1.807, 2.05) is 16.5 Å². The Morgan fingerprint density at radius 1 is 0.893 bits per heavy atom. The Bertz CT molecular complexity index is 763. The molecule has 0 nitrogen and oxygen atoms in total. The fraction of sp³-hybridized carbons (Fsp3) is 0.615. The van der Waals surface area contributed by atoms with Crippen molar-refractivity contribution in [3.8, 4) is 11.1 Å². The van der Waals surface area contributed by atoms with E-state index in [1.54, 1.807) is 36.8 Å². The molecule has 1 aromatic heterocycles. The summed E-state index contributed by atoms with van der Waals surface area (Å²) in [7, 11) is -1.51. The zero-order valence-electron chi connectivity index (χ0n) is 17.6. The van der Waals surface area contributed by atoms with Crippen LogP contribution in [0.25, 0.3) is 11.1 Å². The van der Waals surface area contributed by atoms with Crippen LogP contribution in [0.4, 0.5) is 0 Å². The Kier molecular flexibility index (Phi) is 5.54. The van der Waals surface area contributed by atoms with Gasteiger partial charge in [0.1, 0.15) is 8.07 Å². The van der Waals surface area contributed by atoms with Crippen LogP contribution in [0.1, 0.15) is 95.1 Å². The van der Waals surface area contributed by atoms with Crippen molar-refractivity contribution in [3.05, 3.63) is 40.6 Å². The van der Waals surface area contributed by atoms with Crippen molar-refractivity contribution in [2.45, 2.75) is 101 Å². The van der Waals surface area contributed by atoms with Crippen molar-refractivity contribution in [3.63, 3.8) is 0 Å². The molecule has 150 valence electrons. The van der Waals surface area contributed by atoms with Gasteiger partial charge in [-0.15, -0.1) is 0 Å². The Morgan fingerprint density at radius 3 is 2.14 bits per heavy atom. The molecule has 1 unspecified atom stereocenters. The lowest BCUT2D eigenvalue weighted by molar-refractivity contribution is 0.440. The SMILES string of the molecule is CCCC1c2cccc(-c3ccsc3)c2[Si]1(C1CCCCC1)C1CCCCC1. The smallest absolute Gasteiger partial charge is 0.101 e. The van der Waals surface area contributed by atoms with Crippen LogP contribution in [-0.4, -0.2) is 8.07 Å². The second-order valence-corrected chi connectivity index (χ2v) is 15.2. The van der Waals surface area contributed by atoms with Gasteiger partial charge in [-0.3, -0.25) is 0 Å². The first-order chi connectivity index (χ1) is 13.9. The maximum atomic E-state index is 2.53. The van der Waals surface area contributed by atoms with Crippen molar-refractivity contribution in [1.29, 1.82) is 0 Å². The summed E-state index contributed by atoms with van der Waals surface area (Å²) in [6.07, 6.45) is 18.0. The normalized spacial score (nSPS) is 25.2. The third kappa shape index (κ3) is 2.89. The molecule has 1 aromatic carbocycles. The molecule has 2 fully saturated rings. The second-order valence-electron chi connectivity index (χ2n) is 9.73. The fourth-order valence-electron chi connectivity index (χ4n) is 7.51. The monoisotopic (exact) mass is 408 g/mol. The summed E-state index contributed by atoms with van der Waals surface area (Å²) in [5, 5.41) is 6.64. The number of fused-ring (bicyclic) bond motifs is 1. The zero-order valence-corrected chi connectivity index (χ0v) is 19.4. The molecule has 2 heteroatoms. The molecule has 5 rings (SSSR count). The number of thiophene rings is 1. The highest BCUT2D eigenvalue weighted by atomic mass is 32.1. The van der Waals surface area contributed by atoms with Gasteiger partial charge in [-0.05, 0) is 61.7 Å². The Labute approximate surface area is 176 Å². The fourth-order valence-corrected chi connectivity index (χ4v) is 16.6. The molecule has 2 aromatic rings. The van der Waals surface area contributed by atoms with Crippen LogP contribution < -0.4 is 5.19 Å². The molecule has 28 heavy (non-hydrogen) atoms. The highest BCUT2D eigenvalue weighted by Gasteiger charge is 2.61. The Morgan fingerprint density at radius 2 is 1.57 bits per heavy atom. The lowest BCUT2D eigenvalue weighted by atomic mass is 9.97. The summed E-state index contributed by atoms with van der Waals surface area (Å²) in [5.74, 6) is 0. The maximum absolute atomic E-state index is 2.53. The number of hydrogen-bond acceptors (Lipinski definition) is 1. The van der Waals surface area contributed by atoms with Gasteiger partial charge in [-0.1, -0.05) is 95.8 Å². The van der Waals surface area contributed by atoms with Gasteiger partial charge in [0, 0.05) is 0 Å². The molecule has 0 saturated heterocycles. The van der Waals surface area contributed by atoms with E-state index in [0.717, 1.165) is 16.6 Å². The van der Waals surface area contributed by atoms with E-state index in [1.165, 1.54) is 56.9 Å². The van der Waals surface area contributed by atoms with Crippen LogP contribution in [0.3, 0.4) is 0 Å². The largest absolute Gasteiger partial charge is 0.152 e. The summed E-state index contributed by atoms with van der Waals surface area (Å²) in [5.41, 5.74) is 8.03. The molecule has 0 bridgehead atoms. The van der Waals surface area contributed by atoms with Crippen molar-refractivity contribution in [2.75, 3.05) is 0 Å². The van der Waals surface area contributed by atoms with E-state index in [0.29, 0.717) is 0 Å². The molecule has 3 aliphatic rings. The number of benzene rings is 1. The molecule has 2 saturated carbocycles. The van der Waals surface area contributed by atoms with E-state index < -0.39 is 8.07 Å². The van der Waals surface area contributed by atoms with E-state index in [2.05, 4.69) is 41.9 Å². The van der Waals surface area contributed by atoms with Crippen molar-refractivity contribution in [1.82, 2.24) is 0 Å². The molecule has 1 aliphatic heterocycles. The van der Waals surface area contributed by atoms with Gasteiger partial charge in [-0.25, -0.2) is 0 Å². The van der Waals surface area contributed by atoms with Gasteiger partial charge in [0.05, 0.1) is 0 Å². The molecular formula is C26H36SSi. The van der Waals surface area contributed by atoms with Gasteiger partial charge in [0.2, 0.25) is 0 Å². The van der Waals surface area contributed by atoms with E-state index in [9.17, 15) is 0 Å². The summed E-state index contributed by atoms with van der Waals surface area (Å²) in [6, 6.07) is 9.77. The summed E-state index contributed by atoms with van der Waals surface area (Å²) < 4.78 is 0. The second kappa shape index (κ2) is 8.11. The van der Waals surface area contributed by atoms with E-state index in [4.69, 9.17) is 0 Å². The molecule has 2 heterocycles. The quantitative estimate of drug-likeness (QED) is 0.437. The minimum Gasteiger partial charge on any atom is -0.152 e. The van der Waals surface area contributed by atoms with Crippen molar-refractivity contribution in [2.24, 2.45) is 0 Å². The Hall–Kier alpha value is -0.863. The molecule has 0 radical (unpaired) electrons. The first kappa shape index (κ1) is 19.1. The average molecular weight is 409 g/mol. The summed E-state index contributed by atoms with van der Waals surface area (Å²) >= 11 is 1.87. The number of rotatable bonds is 5. The zero-order chi connectivity index (χ0) is 19.0. The predicted molar refractivity (Wildman–Crippen MR) is 126 cm³/mol. The lowest BCUT2D eigenvalue weighted by Crippen LogP contribution is -2.70. The molecule has 2 aliphatic carbocycles. The van der Waals surface area contributed by atoms with Gasteiger partial charge >= 0.3 is 0 Å². The Balaban J connectivity index is 1.69. The van der Waals surface area contributed by atoms with Gasteiger partial charge < -0.3 is 0 Å². The van der Waals surface area contributed by atoms with Crippen molar-refractivity contribution < 1.29 is 0 Å². The molecule has 0 N–H and O–H groups in total. The minimum atomic E-state index is -1.51. The molecule has 1 atom stereocenters. The van der Waals surface area contributed by atoms with Crippen LogP contribution in [0.5, 0.6) is 0 Å². The van der Waals surface area contributed by atoms with Crippen LogP contribution in [-0.2, 0) is 0 Å². The lowest BCUT2D eigenvalue weighted by Gasteiger charge is -2.60. The third-order valence-electron chi connectivity index (χ3n) is 8.45. The van der Waals surface area contributed by atoms with E-state index >= 15 is 0 Å². The maximum Gasteiger partial charge on any atom is 0.101 e. The van der Waals surface area contributed by atoms with E-state index in [-0.39, 0.29) is 0 Å². The van der Waals surface area contributed by atoms with Crippen molar-refractivity contribution >= 4 is 24.6 Å². The highest BCUT2D eigenvalue weighted by Crippen LogP contribution is 2.60. The summed E-state index contributed by atoms with van der Waals surface area (Å²) in [6.45, 7) is 2.43. The molecule has 0 amide bonds. The van der Waals surface area contributed by atoms with Crippen LogP contribution in [0, 0.1) is 0 Å². The third-order valence-corrected chi connectivity index (χ3v) is 16.2. The first-order valence-electron chi connectivity index (χ1n) is 12.0. The van der Waals surface area contributed by atoms with Crippen LogP contribution >= 0.6 is 11.3 Å². The minimum absolute atomic E-state index is 0.956. The molecular weight excluding hydrogens is 372 g/mol. The first-order valence-corrected chi connectivity index (χ1v) is 15.2. The average Bonchev–Trinajstić information content (AvgIpc) is 3.29. The van der Waals surface area contributed by atoms with Crippen LogP contribution in [0.2, 0.25) is 11.1 Å². The van der Waals surface area contributed by atoms with Gasteiger partial charge in [0.15, 0.2) is 0 Å². The number of hydrogen-bond donors (Lipinski definition) is 0.